The molecule has 98 valence electrons. The number of rotatable bonds is 1. The van der Waals surface area contributed by atoms with Crippen LogP contribution in [0.15, 0.2) is 24.3 Å². The van der Waals surface area contributed by atoms with Crippen LogP contribution in [0, 0.1) is 0 Å². The Morgan fingerprint density at radius 2 is 2.05 bits per heavy atom. The molecular formula is C14H14N2O3. The maximum absolute atomic E-state index is 12.0. The van der Waals surface area contributed by atoms with Crippen molar-refractivity contribution in [2.45, 2.75) is 25.9 Å². The van der Waals surface area contributed by atoms with Crippen molar-refractivity contribution in [3.63, 3.8) is 0 Å². The van der Waals surface area contributed by atoms with Crippen LogP contribution in [0.5, 0.6) is 0 Å². The van der Waals surface area contributed by atoms with E-state index in [1.807, 2.05) is 18.4 Å². The number of carbonyl (C=O) groups excluding carboxylic acids is 1. The number of hydrogen-bond acceptors (Lipinski definition) is 2. The number of benzene rings is 1. The van der Waals surface area contributed by atoms with Gasteiger partial charge in [0.15, 0.2) is 0 Å². The van der Waals surface area contributed by atoms with E-state index in [-0.39, 0.29) is 23.6 Å². The highest BCUT2D eigenvalue weighted by Gasteiger charge is 2.29. The van der Waals surface area contributed by atoms with Crippen molar-refractivity contribution in [1.29, 1.82) is 0 Å². The topological polar surface area (TPSA) is 71.3 Å². The summed E-state index contributed by atoms with van der Waals surface area (Å²) in [5.41, 5.74) is 1.62. The van der Waals surface area contributed by atoms with Crippen molar-refractivity contribution in [3.8, 4) is 0 Å². The van der Waals surface area contributed by atoms with Crippen LogP contribution >= 0.6 is 0 Å². The lowest BCUT2D eigenvalue weighted by molar-refractivity contribution is 0.0696. The van der Waals surface area contributed by atoms with Crippen molar-refractivity contribution < 1.29 is 14.7 Å². The summed E-state index contributed by atoms with van der Waals surface area (Å²) in [5.74, 6) is -1.07. The minimum Gasteiger partial charge on any atom is -0.478 e. The number of carbonyl (C=O) groups is 2. The molecule has 2 N–H and O–H groups in total. The third-order valence-electron chi connectivity index (χ3n) is 3.81. The van der Waals surface area contributed by atoms with Gasteiger partial charge in [-0.15, -0.1) is 0 Å². The first-order valence-corrected chi connectivity index (χ1v) is 6.18. The summed E-state index contributed by atoms with van der Waals surface area (Å²) in [6.45, 7) is 3.96. The maximum Gasteiger partial charge on any atom is 0.335 e. The predicted molar refractivity (Wildman–Crippen MR) is 70.5 cm³/mol. The van der Waals surface area contributed by atoms with Gasteiger partial charge in [-0.25, -0.2) is 4.79 Å². The molecule has 1 aliphatic rings. The van der Waals surface area contributed by atoms with E-state index in [1.54, 1.807) is 24.3 Å². The van der Waals surface area contributed by atoms with Crippen LogP contribution in [0.4, 0.5) is 0 Å². The molecule has 19 heavy (non-hydrogen) atoms. The molecule has 1 aromatic carbocycles. The molecule has 0 saturated heterocycles. The van der Waals surface area contributed by atoms with E-state index in [0.717, 1.165) is 10.9 Å². The molecule has 5 nitrogen and oxygen atoms in total. The molecule has 0 unspecified atom stereocenters. The molecule has 1 aromatic heterocycles. The van der Waals surface area contributed by atoms with Crippen molar-refractivity contribution in [2.75, 3.05) is 0 Å². The van der Waals surface area contributed by atoms with E-state index in [4.69, 9.17) is 5.11 Å². The van der Waals surface area contributed by atoms with Gasteiger partial charge in [-0.2, -0.15) is 0 Å². The SMILES string of the molecule is C[C@@H]1[C@@H](C)NC(=O)c2cc3ccc(C(=O)O)cc3n21. The second-order valence-electron chi connectivity index (χ2n) is 4.98. The summed E-state index contributed by atoms with van der Waals surface area (Å²) in [7, 11) is 0. The average molecular weight is 258 g/mol. The number of hydrogen-bond donors (Lipinski definition) is 2. The second-order valence-corrected chi connectivity index (χ2v) is 4.98. The van der Waals surface area contributed by atoms with Gasteiger partial charge in [-0.1, -0.05) is 6.07 Å². The third kappa shape index (κ3) is 1.62. The number of fused-ring (bicyclic) bond motifs is 3. The predicted octanol–water partition coefficient (Wildman–Crippen LogP) is 2.03. The van der Waals surface area contributed by atoms with Gasteiger partial charge in [-0.3, -0.25) is 4.79 Å². The molecule has 5 heteroatoms. The Bertz CT molecular complexity index is 702. The highest BCUT2D eigenvalue weighted by Crippen LogP contribution is 2.29. The van der Waals surface area contributed by atoms with E-state index >= 15 is 0 Å². The number of amides is 1. The van der Waals surface area contributed by atoms with Crippen molar-refractivity contribution in [3.05, 3.63) is 35.5 Å². The highest BCUT2D eigenvalue weighted by molar-refractivity contribution is 6.01. The van der Waals surface area contributed by atoms with Gasteiger partial charge in [0.2, 0.25) is 0 Å². The number of carboxylic acids is 1. The van der Waals surface area contributed by atoms with Crippen LogP contribution in [-0.4, -0.2) is 27.6 Å². The van der Waals surface area contributed by atoms with Crippen LogP contribution in [-0.2, 0) is 0 Å². The zero-order valence-corrected chi connectivity index (χ0v) is 10.7. The first-order valence-electron chi connectivity index (χ1n) is 6.18. The Balaban J connectivity index is 2.31. The highest BCUT2D eigenvalue weighted by atomic mass is 16.4. The molecule has 0 spiro atoms. The first-order chi connectivity index (χ1) is 8.99. The smallest absolute Gasteiger partial charge is 0.335 e. The quantitative estimate of drug-likeness (QED) is 0.822. The number of aromatic carboxylic acids is 1. The lowest BCUT2D eigenvalue weighted by Gasteiger charge is -2.30. The molecule has 2 atom stereocenters. The van der Waals surface area contributed by atoms with Crippen LogP contribution in [0.2, 0.25) is 0 Å². The van der Waals surface area contributed by atoms with Crippen LogP contribution in [0.25, 0.3) is 10.9 Å². The van der Waals surface area contributed by atoms with Gasteiger partial charge in [0.05, 0.1) is 11.6 Å². The van der Waals surface area contributed by atoms with Crippen molar-refractivity contribution >= 4 is 22.8 Å². The molecule has 0 bridgehead atoms. The molecular weight excluding hydrogens is 244 g/mol. The molecule has 0 saturated carbocycles. The van der Waals surface area contributed by atoms with Crippen LogP contribution in [0.3, 0.4) is 0 Å². The third-order valence-corrected chi connectivity index (χ3v) is 3.81. The minimum atomic E-state index is -0.960. The monoisotopic (exact) mass is 258 g/mol. The van der Waals surface area contributed by atoms with Gasteiger partial charge in [0.25, 0.3) is 5.91 Å². The van der Waals surface area contributed by atoms with E-state index < -0.39 is 5.97 Å². The Morgan fingerprint density at radius 3 is 2.74 bits per heavy atom. The van der Waals surface area contributed by atoms with Crippen LogP contribution < -0.4 is 5.32 Å². The van der Waals surface area contributed by atoms with Crippen molar-refractivity contribution in [1.82, 2.24) is 9.88 Å². The van der Waals surface area contributed by atoms with E-state index in [9.17, 15) is 9.59 Å². The molecule has 2 aromatic rings. The minimum absolute atomic E-state index is 0.0177. The number of carboxylic acid groups (broad SMARTS) is 1. The normalized spacial score (nSPS) is 22.1. The van der Waals surface area contributed by atoms with Crippen molar-refractivity contribution in [2.24, 2.45) is 0 Å². The summed E-state index contributed by atoms with van der Waals surface area (Å²) >= 11 is 0. The second kappa shape index (κ2) is 3.85. The zero-order chi connectivity index (χ0) is 13.7. The fourth-order valence-corrected chi connectivity index (χ4v) is 2.59. The van der Waals surface area contributed by atoms with Gasteiger partial charge in [-0.05, 0) is 32.0 Å². The molecule has 3 rings (SSSR count). The largest absolute Gasteiger partial charge is 0.478 e. The van der Waals surface area contributed by atoms with E-state index in [0.29, 0.717) is 5.69 Å². The molecule has 0 radical (unpaired) electrons. The standard InChI is InChI=1S/C14H14N2O3/c1-7-8(2)16-11-6-10(14(18)19)4-3-9(11)5-12(16)13(17)15-7/h3-8H,1-2H3,(H,15,17)(H,18,19)/t7-,8-/m1/s1. The Morgan fingerprint density at radius 1 is 1.32 bits per heavy atom. The molecule has 0 aliphatic carbocycles. The summed E-state index contributed by atoms with van der Waals surface area (Å²) < 4.78 is 1.92. The molecule has 2 heterocycles. The molecule has 0 fully saturated rings. The Kier molecular flexibility index (Phi) is 2.38. The fraction of sp³-hybridized carbons (Fsp3) is 0.286. The van der Waals surface area contributed by atoms with Crippen LogP contribution in [0.1, 0.15) is 40.7 Å². The Hall–Kier alpha value is -2.30. The van der Waals surface area contributed by atoms with Gasteiger partial charge < -0.3 is 15.0 Å². The average Bonchev–Trinajstić information content (AvgIpc) is 2.75. The molecule has 1 amide bonds. The van der Waals surface area contributed by atoms with Gasteiger partial charge in [0.1, 0.15) is 5.69 Å². The van der Waals surface area contributed by atoms with Gasteiger partial charge in [0, 0.05) is 16.9 Å². The fourth-order valence-electron chi connectivity index (χ4n) is 2.59. The molecule has 1 aliphatic heterocycles. The Labute approximate surface area is 109 Å². The summed E-state index contributed by atoms with van der Waals surface area (Å²) in [4.78, 5) is 23.0. The maximum atomic E-state index is 12.0. The summed E-state index contributed by atoms with van der Waals surface area (Å²) in [6, 6.07) is 6.84. The number of nitrogens with zero attached hydrogens (tertiary/aromatic N) is 1. The van der Waals surface area contributed by atoms with E-state index in [2.05, 4.69) is 5.32 Å². The van der Waals surface area contributed by atoms with E-state index in [1.165, 1.54) is 0 Å². The number of aromatic nitrogens is 1. The lowest BCUT2D eigenvalue weighted by Crippen LogP contribution is -2.44. The summed E-state index contributed by atoms with van der Waals surface area (Å²) in [5, 5.41) is 12.9. The first kappa shape index (κ1) is 11.8. The zero-order valence-electron chi connectivity index (χ0n) is 10.7. The number of nitrogens with one attached hydrogen (secondary N) is 1. The van der Waals surface area contributed by atoms with Gasteiger partial charge >= 0.3 is 5.97 Å². The lowest BCUT2D eigenvalue weighted by atomic mass is 10.1. The summed E-state index contributed by atoms with van der Waals surface area (Å²) in [6.07, 6.45) is 0.